The van der Waals surface area contributed by atoms with Crippen molar-refractivity contribution in [3.05, 3.63) is 16.1 Å². The molecule has 0 fully saturated rings. The monoisotopic (exact) mass is 271 g/mol. The lowest BCUT2D eigenvalue weighted by Crippen LogP contribution is -2.44. The number of amides is 2. The molecule has 2 N–H and O–H groups in total. The highest BCUT2D eigenvalue weighted by atomic mass is 32.1. The van der Waals surface area contributed by atoms with Gasteiger partial charge in [0, 0.05) is 18.1 Å². The molecule has 102 valence electrons. The van der Waals surface area contributed by atoms with Crippen molar-refractivity contribution < 1.29 is 9.90 Å². The van der Waals surface area contributed by atoms with E-state index >= 15 is 0 Å². The van der Waals surface area contributed by atoms with Crippen molar-refractivity contribution in [2.75, 3.05) is 13.7 Å². The molecule has 0 aliphatic rings. The first-order valence-corrected chi connectivity index (χ1v) is 6.90. The number of nitrogens with zero attached hydrogens (tertiary/aromatic N) is 2. The standard InChI is InChI=1S/C12H21N3O2S/c1-5-10-6-13-11(18-10)9(3)14-12(17)15(4)8(2)7-16/h6,8-9,16H,5,7H2,1-4H3,(H,14,17). The zero-order chi connectivity index (χ0) is 13.7. The van der Waals surface area contributed by atoms with E-state index in [1.807, 2.05) is 13.1 Å². The topological polar surface area (TPSA) is 65.5 Å². The lowest BCUT2D eigenvalue weighted by Gasteiger charge is -2.25. The van der Waals surface area contributed by atoms with Crippen LogP contribution in [0.3, 0.4) is 0 Å². The van der Waals surface area contributed by atoms with E-state index in [0.717, 1.165) is 11.4 Å². The largest absolute Gasteiger partial charge is 0.394 e. The Morgan fingerprint density at radius 2 is 2.28 bits per heavy atom. The van der Waals surface area contributed by atoms with Gasteiger partial charge in [-0.2, -0.15) is 0 Å². The van der Waals surface area contributed by atoms with Crippen LogP contribution in [0.5, 0.6) is 0 Å². The molecule has 1 heterocycles. The lowest BCUT2D eigenvalue weighted by molar-refractivity contribution is 0.155. The molecule has 1 aromatic rings. The van der Waals surface area contributed by atoms with Crippen LogP contribution in [0.15, 0.2) is 6.20 Å². The number of hydrogen-bond donors (Lipinski definition) is 2. The zero-order valence-corrected chi connectivity index (χ0v) is 12.1. The van der Waals surface area contributed by atoms with Crippen molar-refractivity contribution in [2.45, 2.75) is 39.3 Å². The zero-order valence-electron chi connectivity index (χ0n) is 11.3. The third-order valence-electron chi connectivity index (χ3n) is 2.88. The first-order valence-electron chi connectivity index (χ1n) is 6.08. The number of aliphatic hydroxyl groups is 1. The SMILES string of the molecule is CCc1cnc(C(C)NC(=O)N(C)C(C)CO)s1. The van der Waals surface area contributed by atoms with Gasteiger partial charge in [0.05, 0.1) is 18.7 Å². The van der Waals surface area contributed by atoms with Gasteiger partial charge in [-0.15, -0.1) is 11.3 Å². The molecule has 0 radical (unpaired) electrons. The second-order valence-corrected chi connectivity index (χ2v) is 5.48. The van der Waals surface area contributed by atoms with E-state index in [9.17, 15) is 4.79 Å². The summed E-state index contributed by atoms with van der Waals surface area (Å²) in [5.41, 5.74) is 0. The Kier molecular flexibility index (Phi) is 5.55. The summed E-state index contributed by atoms with van der Waals surface area (Å²) in [7, 11) is 1.67. The summed E-state index contributed by atoms with van der Waals surface area (Å²) in [6, 6.07) is -0.506. The molecule has 0 aliphatic heterocycles. The fourth-order valence-corrected chi connectivity index (χ4v) is 2.22. The Morgan fingerprint density at radius 3 is 2.78 bits per heavy atom. The van der Waals surface area contributed by atoms with Gasteiger partial charge in [-0.25, -0.2) is 9.78 Å². The summed E-state index contributed by atoms with van der Waals surface area (Å²) >= 11 is 1.62. The Labute approximate surface area is 112 Å². The Balaban J connectivity index is 2.58. The van der Waals surface area contributed by atoms with E-state index in [2.05, 4.69) is 17.2 Å². The maximum absolute atomic E-state index is 11.9. The van der Waals surface area contributed by atoms with Crippen molar-refractivity contribution >= 4 is 17.4 Å². The molecule has 0 spiro atoms. The highest BCUT2D eigenvalue weighted by Gasteiger charge is 2.18. The first kappa shape index (κ1) is 14.9. The fourth-order valence-electron chi connectivity index (χ4n) is 1.36. The highest BCUT2D eigenvalue weighted by Crippen LogP contribution is 2.20. The summed E-state index contributed by atoms with van der Waals surface area (Å²) in [5.74, 6) is 0. The molecule has 0 aromatic carbocycles. The van der Waals surface area contributed by atoms with Gasteiger partial charge in [0.25, 0.3) is 0 Å². The molecule has 6 heteroatoms. The maximum atomic E-state index is 11.9. The van der Waals surface area contributed by atoms with Gasteiger partial charge in [0.2, 0.25) is 0 Å². The van der Waals surface area contributed by atoms with E-state index < -0.39 is 0 Å². The molecule has 0 saturated carbocycles. The lowest BCUT2D eigenvalue weighted by atomic mass is 10.3. The van der Waals surface area contributed by atoms with E-state index in [1.54, 1.807) is 25.3 Å². The van der Waals surface area contributed by atoms with E-state index in [1.165, 1.54) is 9.78 Å². The van der Waals surface area contributed by atoms with Gasteiger partial charge in [0.1, 0.15) is 5.01 Å². The number of aliphatic hydroxyl groups excluding tert-OH is 1. The molecular weight excluding hydrogens is 250 g/mol. The minimum Gasteiger partial charge on any atom is -0.394 e. The number of aryl methyl sites for hydroxylation is 1. The van der Waals surface area contributed by atoms with Crippen molar-refractivity contribution in [3.8, 4) is 0 Å². The van der Waals surface area contributed by atoms with E-state index in [4.69, 9.17) is 5.11 Å². The molecule has 0 aliphatic carbocycles. The van der Waals surface area contributed by atoms with Gasteiger partial charge in [-0.1, -0.05) is 6.92 Å². The smallest absolute Gasteiger partial charge is 0.318 e. The van der Waals surface area contributed by atoms with Crippen LogP contribution < -0.4 is 5.32 Å². The summed E-state index contributed by atoms with van der Waals surface area (Å²) in [6.07, 6.45) is 2.81. The summed E-state index contributed by atoms with van der Waals surface area (Å²) in [5, 5.41) is 12.8. The maximum Gasteiger partial charge on any atom is 0.318 e. The van der Waals surface area contributed by atoms with Crippen LogP contribution in [0.2, 0.25) is 0 Å². The van der Waals surface area contributed by atoms with Crippen LogP contribution in [-0.4, -0.2) is 40.7 Å². The predicted molar refractivity (Wildman–Crippen MR) is 72.7 cm³/mol. The van der Waals surface area contributed by atoms with Gasteiger partial charge < -0.3 is 15.3 Å². The molecule has 0 bridgehead atoms. The summed E-state index contributed by atoms with van der Waals surface area (Å²) < 4.78 is 0. The number of rotatable bonds is 5. The summed E-state index contributed by atoms with van der Waals surface area (Å²) in [6.45, 7) is 5.74. The molecule has 18 heavy (non-hydrogen) atoms. The average Bonchev–Trinajstić information content (AvgIpc) is 2.85. The minimum absolute atomic E-state index is 0.0461. The number of urea groups is 1. The number of thiazole rings is 1. The van der Waals surface area contributed by atoms with E-state index in [-0.39, 0.29) is 24.7 Å². The van der Waals surface area contributed by atoms with Crippen LogP contribution in [0.25, 0.3) is 0 Å². The third-order valence-corrected chi connectivity index (χ3v) is 4.20. The second-order valence-electron chi connectivity index (χ2n) is 4.33. The number of likely N-dealkylation sites (N-methyl/N-ethyl adjacent to an activating group) is 1. The van der Waals surface area contributed by atoms with Crippen molar-refractivity contribution in [1.82, 2.24) is 15.2 Å². The second kappa shape index (κ2) is 6.70. The predicted octanol–water partition coefficient (Wildman–Crippen LogP) is 1.79. The third kappa shape index (κ3) is 3.68. The van der Waals surface area contributed by atoms with Crippen molar-refractivity contribution in [1.29, 1.82) is 0 Å². The normalized spacial score (nSPS) is 14.1. The minimum atomic E-state index is -0.197. The highest BCUT2D eigenvalue weighted by molar-refractivity contribution is 7.11. The molecule has 2 atom stereocenters. The molecule has 2 amide bonds. The molecule has 1 rings (SSSR count). The van der Waals surface area contributed by atoms with Crippen LogP contribution in [0, 0.1) is 0 Å². The number of carbonyl (C=O) groups is 1. The average molecular weight is 271 g/mol. The number of nitrogens with one attached hydrogen (secondary N) is 1. The van der Waals surface area contributed by atoms with Crippen molar-refractivity contribution in [2.24, 2.45) is 0 Å². The van der Waals surface area contributed by atoms with Crippen LogP contribution in [-0.2, 0) is 6.42 Å². The molecule has 2 unspecified atom stereocenters. The van der Waals surface area contributed by atoms with Crippen LogP contribution in [0.1, 0.15) is 36.7 Å². The molecule has 5 nitrogen and oxygen atoms in total. The first-order chi connectivity index (χ1) is 8.49. The fraction of sp³-hybridized carbons (Fsp3) is 0.667. The molecule has 1 aromatic heterocycles. The molecular formula is C12H21N3O2S. The number of carbonyl (C=O) groups excluding carboxylic acids is 1. The number of aromatic nitrogens is 1. The van der Waals surface area contributed by atoms with Crippen LogP contribution >= 0.6 is 11.3 Å². The van der Waals surface area contributed by atoms with Gasteiger partial charge in [-0.05, 0) is 20.3 Å². The summed E-state index contributed by atoms with van der Waals surface area (Å²) in [4.78, 5) is 18.9. The Morgan fingerprint density at radius 1 is 1.61 bits per heavy atom. The van der Waals surface area contributed by atoms with E-state index in [0.29, 0.717) is 0 Å². The molecule has 0 saturated heterocycles. The Hall–Kier alpha value is -1.14. The van der Waals surface area contributed by atoms with Gasteiger partial charge >= 0.3 is 6.03 Å². The van der Waals surface area contributed by atoms with Crippen LogP contribution in [0.4, 0.5) is 4.79 Å². The quantitative estimate of drug-likeness (QED) is 0.858. The number of hydrogen-bond acceptors (Lipinski definition) is 4. The van der Waals surface area contributed by atoms with Crippen molar-refractivity contribution in [3.63, 3.8) is 0 Å². The van der Waals surface area contributed by atoms with Gasteiger partial charge in [-0.3, -0.25) is 0 Å². The van der Waals surface area contributed by atoms with Gasteiger partial charge in [0.15, 0.2) is 0 Å². The Bertz CT molecular complexity index is 394.